The van der Waals surface area contributed by atoms with Crippen molar-refractivity contribution in [1.82, 2.24) is 25.0 Å². The number of hydrogen-bond donors (Lipinski definition) is 0. The van der Waals surface area contributed by atoms with E-state index in [2.05, 4.69) is 51.3 Å². The molecule has 8 nitrogen and oxygen atoms in total. The van der Waals surface area contributed by atoms with Crippen molar-refractivity contribution in [2.24, 2.45) is 0 Å². The summed E-state index contributed by atoms with van der Waals surface area (Å²) in [6.45, 7) is 7.29. The molecule has 0 fully saturated rings. The molecule has 1 amide bonds. The van der Waals surface area contributed by atoms with E-state index in [9.17, 15) is 4.79 Å². The summed E-state index contributed by atoms with van der Waals surface area (Å²) in [7, 11) is 2.03. The molecule has 37 heavy (non-hydrogen) atoms. The number of likely N-dealkylation sites (N-methyl/N-ethyl adjacent to an activating group) is 1. The number of pyridine rings is 1. The van der Waals surface area contributed by atoms with Gasteiger partial charge in [-0.1, -0.05) is 35.9 Å². The number of aromatic nitrogens is 3. The Balaban J connectivity index is 1.48. The highest BCUT2D eigenvalue weighted by Gasteiger charge is 2.29. The van der Waals surface area contributed by atoms with Crippen LogP contribution in [0.5, 0.6) is 5.75 Å². The highest BCUT2D eigenvalue weighted by atomic mass is 16.5. The zero-order valence-corrected chi connectivity index (χ0v) is 21.4. The van der Waals surface area contributed by atoms with Gasteiger partial charge in [-0.05, 0) is 57.6 Å². The van der Waals surface area contributed by atoms with E-state index < -0.39 is 0 Å². The molecule has 4 aromatic rings. The highest BCUT2D eigenvalue weighted by molar-refractivity contribution is 6.00. The van der Waals surface area contributed by atoms with Crippen LogP contribution in [0.15, 0.2) is 83.4 Å². The number of fused-ring (bicyclic) bond motifs is 1. The molecule has 0 atom stereocenters. The van der Waals surface area contributed by atoms with Gasteiger partial charge in [0.2, 0.25) is 5.89 Å². The Morgan fingerprint density at radius 3 is 2.35 bits per heavy atom. The van der Waals surface area contributed by atoms with E-state index >= 15 is 0 Å². The molecule has 188 valence electrons. The van der Waals surface area contributed by atoms with Crippen LogP contribution in [0.1, 0.15) is 35.3 Å². The maximum atomic E-state index is 13.6. The van der Waals surface area contributed by atoms with Gasteiger partial charge in [-0.2, -0.15) is 0 Å². The molecule has 1 aliphatic rings. The zero-order valence-electron chi connectivity index (χ0n) is 21.4. The second-order valence-electron chi connectivity index (χ2n) is 9.49. The summed E-state index contributed by atoms with van der Waals surface area (Å²) in [6, 6.07) is 17.4. The molecule has 0 aliphatic carbocycles. The predicted molar refractivity (Wildman–Crippen MR) is 140 cm³/mol. The molecule has 2 aromatic heterocycles. The van der Waals surface area contributed by atoms with Gasteiger partial charge in [-0.3, -0.25) is 14.7 Å². The monoisotopic (exact) mass is 495 g/mol. The fraction of sp³-hybridized carbons (Fsp3) is 0.241. The molecule has 0 N–H and O–H groups in total. The van der Waals surface area contributed by atoms with Gasteiger partial charge < -0.3 is 14.1 Å². The van der Waals surface area contributed by atoms with Crippen molar-refractivity contribution < 1.29 is 13.9 Å². The van der Waals surface area contributed by atoms with Crippen LogP contribution in [0.2, 0.25) is 0 Å². The molecular weight excluding hydrogens is 466 g/mol. The summed E-state index contributed by atoms with van der Waals surface area (Å²) in [4.78, 5) is 21.5. The SMILES string of the molecule is Cc1ccc(CN(C)CC2=CN(C(C)C)C(=O)c3cccc(-c4nnc(-c5ccncc5)o4)c3O2)cc1. The summed E-state index contributed by atoms with van der Waals surface area (Å²) in [5.74, 6) is 1.57. The van der Waals surface area contributed by atoms with Crippen molar-refractivity contribution in [3.63, 3.8) is 0 Å². The normalized spacial score (nSPS) is 13.4. The first kappa shape index (κ1) is 24.4. The van der Waals surface area contributed by atoms with E-state index in [1.165, 1.54) is 11.1 Å². The van der Waals surface area contributed by atoms with Crippen LogP contribution in [0.3, 0.4) is 0 Å². The lowest BCUT2D eigenvalue weighted by Crippen LogP contribution is -2.32. The Morgan fingerprint density at radius 2 is 1.62 bits per heavy atom. The van der Waals surface area contributed by atoms with Crippen LogP contribution in [0.4, 0.5) is 0 Å². The smallest absolute Gasteiger partial charge is 0.261 e. The molecule has 0 bridgehead atoms. The highest BCUT2D eigenvalue weighted by Crippen LogP contribution is 2.37. The van der Waals surface area contributed by atoms with Gasteiger partial charge in [-0.25, -0.2) is 0 Å². The lowest BCUT2D eigenvalue weighted by molar-refractivity contribution is 0.0788. The van der Waals surface area contributed by atoms with Gasteiger partial charge in [0.15, 0.2) is 5.75 Å². The molecule has 0 saturated heterocycles. The van der Waals surface area contributed by atoms with Crippen LogP contribution in [-0.4, -0.2) is 50.5 Å². The number of amides is 1. The minimum atomic E-state index is -0.142. The fourth-order valence-electron chi connectivity index (χ4n) is 4.22. The molecule has 0 radical (unpaired) electrons. The first-order valence-electron chi connectivity index (χ1n) is 12.2. The number of hydrogen-bond acceptors (Lipinski definition) is 7. The average Bonchev–Trinajstić information content (AvgIpc) is 3.33. The maximum absolute atomic E-state index is 13.6. The minimum absolute atomic E-state index is 0.0511. The Hall–Kier alpha value is -4.30. The maximum Gasteiger partial charge on any atom is 0.261 e. The van der Waals surface area contributed by atoms with Crippen molar-refractivity contribution in [2.45, 2.75) is 33.4 Å². The molecule has 1 aliphatic heterocycles. The van der Waals surface area contributed by atoms with E-state index in [1.54, 1.807) is 47.8 Å². The van der Waals surface area contributed by atoms with Gasteiger partial charge in [-0.15, -0.1) is 10.2 Å². The standard InChI is InChI=1S/C29H29N5O3/c1-19(2)34-18-23(17-33(4)16-21-10-8-20(3)9-11-21)36-26-24(6-5-7-25(26)29(34)35)28-32-31-27(37-28)22-12-14-30-15-13-22/h5-15,18-19H,16-17H2,1-4H3. The number of para-hydroxylation sites is 1. The van der Waals surface area contributed by atoms with E-state index in [-0.39, 0.29) is 17.8 Å². The van der Waals surface area contributed by atoms with Gasteiger partial charge in [0.25, 0.3) is 11.8 Å². The Labute approximate surface area is 216 Å². The molecule has 3 heterocycles. The molecule has 2 aromatic carbocycles. The van der Waals surface area contributed by atoms with Crippen molar-refractivity contribution >= 4 is 5.91 Å². The van der Waals surface area contributed by atoms with Crippen molar-refractivity contribution in [3.05, 3.63) is 95.6 Å². The van der Waals surface area contributed by atoms with Crippen molar-refractivity contribution in [1.29, 1.82) is 0 Å². The van der Waals surface area contributed by atoms with Gasteiger partial charge in [0.1, 0.15) is 5.76 Å². The Morgan fingerprint density at radius 1 is 0.919 bits per heavy atom. The largest absolute Gasteiger partial charge is 0.457 e. The number of ether oxygens (including phenoxy) is 1. The van der Waals surface area contributed by atoms with E-state index in [0.717, 1.165) is 12.1 Å². The Bertz CT molecular complexity index is 1430. The van der Waals surface area contributed by atoms with Crippen molar-refractivity contribution in [3.8, 4) is 28.7 Å². The topological polar surface area (TPSA) is 84.6 Å². The molecular formula is C29H29N5O3. The molecule has 5 rings (SSSR count). The summed E-state index contributed by atoms with van der Waals surface area (Å²) in [5.41, 5.74) is 4.20. The fourth-order valence-corrected chi connectivity index (χ4v) is 4.22. The van der Waals surface area contributed by atoms with Crippen molar-refractivity contribution in [2.75, 3.05) is 13.6 Å². The third kappa shape index (κ3) is 5.29. The number of rotatable bonds is 7. The first-order valence-corrected chi connectivity index (χ1v) is 12.2. The molecule has 0 spiro atoms. The summed E-state index contributed by atoms with van der Waals surface area (Å²) >= 11 is 0. The van der Waals surface area contributed by atoms with Gasteiger partial charge in [0, 0.05) is 36.7 Å². The lowest BCUT2D eigenvalue weighted by Gasteiger charge is -2.23. The number of benzene rings is 2. The number of nitrogens with zero attached hydrogens (tertiary/aromatic N) is 5. The summed E-state index contributed by atoms with van der Waals surface area (Å²) in [5, 5.41) is 8.46. The quantitative estimate of drug-likeness (QED) is 0.343. The predicted octanol–water partition coefficient (Wildman–Crippen LogP) is 5.32. The minimum Gasteiger partial charge on any atom is -0.457 e. The lowest BCUT2D eigenvalue weighted by atomic mass is 10.1. The van der Waals surface area contributed by atoms with Crippen LogP contribution < -0.4 is 4.74 Å². The number of aryl methyl sites for hydroxylation is 1. The van der Waals surface area contributed by atoms with E-state index in [0.29, 0.717) is 35.1 Å². The summed E-state index contributed by atoms with van der Waals surface area (Å²) < 4.78 is 12.4. The Kier molecular flexibility index (Phi) is 6.83. The van der Waals surface area contributed by atoms with Crippen LogP contribution in [0, 0.1) is 6.92 Å². The van der Waals surface area contributed by atoms with E-state index in [1.807, 2.05) is 27.0 Å². The van der Waals surface area contributed by atoms with E-state index in [4.69, 9.17) is 9.15 Å². The van der Waals surface area contributed by atoms with Crippen LogP contribution >= 0.6 is 0 Å². The second kappa shape index (κ2) is 10.4. The average molecular weight is 496 g/mol. The third-order valence-corrected chi connectivity index (χ3v) is 6.13. The first-order chi connectivity index (χ1) is 17.9. The number of carbonyl (C=O) groups excluding carboxylic acids is 1. The van der Waals surface area contributed by atoms with Crippen LogP contribution in [-0.2, 0) is 6.54 Å². The second-order valence-corrected chi connectivity index (χ2v) is 9.49. The molecule has 8 heteroatoms. The third-order valence-electron chi connectivity index (χ3n) is 6.13. The molecule has 0 unspecified atom stereocenters. The summed E-state index contributed by atoms with van der Waals surface area (Å²) in [6.07, 6.45) is 5.14. The van der Waals surface area contributed by atoms with Gasteiger partial charge in [0.05, 0.1) is 17.7 Å². The molecule has 0 saturated carbocycles. The zero-order chi connectivity index (χ0) is 25.9. The van der Waals surface area contributed by atoms with Crippen LogP contribution in [0.25, 0.3) is 22.9 Å². The van der Waals surface area contributed by atoms with Gasteiger partial charge >= 0.3 is 0 Å². The number of carbonyl (C=O) groups is 1.